The molecule has 1 aromatic rings. The third kappa shape index (κ3) is 4.16. The summed E-state index contributed by atoms with van der Waals surface area (Å²) >= 11 is 1.61. The third-order valence-electron chi connectivity index (χ3n) is 3.41. The molecule has 1 aliphatic heterocycles. The summed E-state index contributed by atoms with van der Waals surface area (Å²) in [5.74, 6) is 0.583. The number of benzene rings is 1. The van der Waals surface area contributed by atoms with Crippen LogP contribution in [-0.2, 0) is 9.59 Å². The van der Waals surface area contributed by atoms with Crippen molar-refractivity contribution in [2.24, 2.45) is 0 Å². The van der Waals surface area contributed by atoms with Crippen molar-refractivity contribution in [1.29, 1.82) is 0 Å². The van der Waals surface area contributed by atoms with Gasteiger partial charge < -0.3 is 14.7 Å². The molecule has 5 nitrogen and oxygen atoms in total. The number of carbonyl (C=O) groups is 2. The number of nitrogens with zero attached hydrogens (tertiary/aromatic N) is 1. The average molecular weight is 323 g/mol. The van der Waals surface area contributed by atoms with Crippen molar-refractivity contribution in [2.45, 2.75) is 31.6 Å². The van der Waals surface area contributed by atoms with Gasteiger partial charge in [0, 0.05) is 18.5 Å². The highest BCUT2D eigenvalue weighted by molar-refractivity contribution is 8.00. The van der Waals surface area contributed by atoms with Crippen LogP contribution in [-0.4, -0.2) is 40.8 Å². The van der Waals surface area contributed by atoms with Crippen LogP contribution in [0.2, 0.25) is 0 Å². The Labute approximate surface area is 134 Å². The Morgan fingerprint density at radius 3 is 2.95 bits per heavy atom. The number of hydrogen-bond acceptors (Lipinski definition) is 4. The maximum atomic E-state index is 12.0. The van der Waals surface area contributed by atoms with E-state index in [4.69, 9.17) is 9.84 Å². The quantitative estimate of drug-likeness (QED) is 0.745. The molecule has 1 heterocycles. The van der Waals surface area contributed by atoms with E-state index < -0.39 is 5.97 Å². The van der Waals surface area contributed by atoms with Gasteiger partial charge in [-0.2, -0.15) is 0 Å². The molecule has 0 saturated carbocycles. The standard InChI is InChI=1S/C16H21NO4S/c1-2-9-17-14(18)11-22-16(17)12-6-3-4-7-13(12)21-10-5-8-15(19)20/h3-4,6-7,16H,2,5,8-11H2,1H3,(H,19,20). The van der Waals surface area contributed by atoms with Gasteiger partial charge in [-0.3, -0.25) is 9.59 Å². The Kier molecular flexibility index (Phi) is 6.12. The molecule has 0 radical (unpaired) electrons. The van der Waals surface area contributed by atoms with E-state index in [1.807, 2.05) is 29.2 Å². The van der Waals surface area contributed by atoms with Gasteiger partial charge in [0.1, 0.15) is 11.1 Å². The predicted octanol–water partition coefficient (Wildman–Crippen LogP) is 2.91. The summed E-state index contributed by atoms with van der Waals surface area (Å²) in [5.41, 5.74) is 0.988. The molecule has 22 heavy (non-hydrogen) atoms. The number of ether oxygens (including phenoxy) is 1. The minimum atomic E-state index is -0.817. The molecular formula is C16H21NO4S. The molecule has 1 fully saturated rings. The zero-order valence-corrected chi connectivity index (χ0v) is 13.5. The van der Waals surface area contributed by atoms with Crippen molar-refractivity contribution in [1.82, 2.24) is 4.90 Å². The van der Waals surface area contributed by atoms with E-state index in [0.717, 1.165) is 24.3 Å². The first-order valence-corrected chi connectivity index (χ1v) is 8.53. The number of thioether (sulfide) groups is 1. The van der Waals surface area contributed by atoms with E-state index in [1.54, 1.807) is 11.8 Å². The first kappa shape index (κ1) is 16.7. The van der Waals surface area contributed by atoms with Gasteiger partial charge in [0.25, 0.3) is 0 Å². The number of carbonyl (C=O) groups excluding carboxylic acids is 1. The number of carboxylic acid groups (broad SMARTS) is 1. The second-order valence-corrected chi connectivity index (χ2v) is 6.20. The summed E-state index contributed by atoms with van der Waals surface area (Å²) in [6.07, 6.45) is 1.49. The van der Waals surface area contributed by atoms with Gasteiger partial charge in [0.05, 0.1) is 12.4 Å². The van der Waals surface area contributed by atoms with Gasteiger partial charge in [0.2, 0.25) is 5.91 Å². The van der Waals surface area contributed by atoms with E-state index in [-0.39, 0.29) is 17.7 Å². The summed E-state index contributed by atoms with van der Waals surface area (Å²) in [6, 6.07) is 7.68. The van der Waals surface area contributed by atoms with Crippen LogP contribution in [0.1, 0.15) is 37.1 Å². The number of amides is 1. The van der Waals surface area contributed by atoms with Crippen LogP contribution in [0.5, 0.6) is 5.75 Å². The lowest BCUT2D eigenvalue weighted by molar-refractivity contribution is -0.137. The molecule has 1 unspecified atom stereocenters. The fraction of sp³-hybridized carbons (Fsp3) is 0.500. The first-order chi connectivity index (χ1) is 10.6. The minimum Gasteiger partial charge on any atom is -0.493 e. The lowest BCUT2D eigenvalue weighted by Crippen LogP contribution is -2.29. The van der Waals surface area contributed by atoms with Crippen molar-refractivity contribution in [3.63, 3.8) is 0 Å². The average Bonchev–Trinajstić information content (AvgIpc) is 2.86. The molecular weight excluding hydrogens is 302 g/mol. The summed E-state index contributed by atoms with van der Waals surface area (Å²) in [4.78, 5) is 24.4. The van der Waals surface area contributed by atoms with Crippen LogP contribution in [0.3, 0.4) is 0 Å². The maximum absolute atomic E-state index is 12.0. The van der Waals surface area contributed by atoms with Gasteiger partial charge in [-0.1, -0.05) is 25.1 Å². The van der Waals surface area contributed by atoms with Crippen LogP contribution < -0.4 is 4.74 Å². The van der Waals surface area contributed by atoms with Gasteiger partial charge in [0.15, 0.2) is 0 Å². The normalized spacial score (nSPS) is 17.8. The molecule has 0 aliphatic carbocycles. The van der Waals surface area contributed by atoms with Crippen molar-refractivity contribution in [3.8, 4) is 5.75 Å². The zero-order valence-electron chi connectivity index (χ0n) is 12.7. The molecule has 0 bridgehead atoms. The highest BCUT2D eigenvalue weighted by Crippen LogP contribution is 2.42. The molecule has 1 atom stereocenters. The lowest BCUT2D eigenvalue weighted by Gasteiger charge is -2.25. The van der Waals surface area contributed by atoms with Crippen LogP contribution >= 0.6 is 11.8 Å². The van der Waals surface area contributed by atoms with E-state index in [2.05, 4.69) is 6.92 Å². The number of para-hydroxylation sites is 1. The van der Waals surface area contributed by atoms with Crippen LogP contribution in [0.15, 0.2) is 24.3 Å². The highest BCUT2D eigenvalue weighted by atomic mass is 32.2. The fourth-order valence-electron chi connectivity index (χ4n) is 2.42. The Bertz CT molecular complexity index is 535. The molecule has 1 aliphatic rings. The smallest absolute Gasteiger partial charge is 0.303 e. The number of carboxylic acids is 1. The highest BCUT2D eigenvalue weighted by Gasteiger charge is 2.33. The Hall–Kier alpha value is -1.69. The van der Waals surface area contributed by atoms with Crippen LogP contribution in [0, 0.1) is 0 Å². The summed E-state index contributed by atoms with van der Waals surface area (Å²) in [6.45, 7) is 3.16. The first-order valence-electron chi connectivity index (χ1n) is 7.48. The molecule has 1 N–H and O–H groups in total. The summed E-state index contributed by atoms with van der Waals surface area (Å²) in [7, 11) is 0. The molecule has 1 saturated heterocycles. The van der Waals surface area contributed by atoms with Gasteiger partial charge >= 0.3 is 5.97 Å². The largest absolute Gasteiger partial charge is 0.493 e. The molecule has 2 rings (SSSR count). The minimum absolute atomic E-state index is 0.0110. The summed E-state index contributed by atoms with van der Waals surface area (Å²) < 4.78 is 5.75. The third-order valence-corrected chi connectivity index (χ3v) is 4.65. The predicted molar refractivity (Wildman–Crippen MR) is 86.0 cm³/mol. The van der Waals surface area contributed by atoms with Gasteiger partial charge in [-0.25, -0.2) is 0 Å². The van der Waals surface area contributed by atoms with Crippen molar-refractivity contribution >= 4 is 23.6 Å². The molecule has 120 valence electrons. The molecule has 1 aromatic carbocycles. The van der Waals surface area contributed by atoms with Crippen LogP contribution in [0.4, 0.5) is 0 Å². The van der Waals surface area contributed by atoms with Crippen molar-refractivity contribution < 1.29 is 19.4 Å². The fourth-order valence-corrected chi connectivity index (χ4v) is 3.66. The monoisotopic (exact) mass is 323 g/mol. The van der Waals surface area contributed by atoms with Crippen molar-refractivity contribution in [3.05, 3.63) is 29.8 Å². The van der Waals surface area contributed by atoms with E-state index in [1.165, 1.54) is 0 Å². The summed E-state index contributed by atoms with van der Waals surface area (Å²) in [5, 5.41) is 8.65. The van der Waals surface area contributed by atoms with Gasteiger partial charge in [-0.15, -0.1) is 11.8 Å². The lowest BCUT2D eigenvalue weighted by atomic mass is 10.1. The molecule has 6 heteroatoms. The number of hydrogen-bond donors (Lipinski definition) is 1. The van der Waals surface area contributed by atoms with E-state index >= 15 is 0 Å². The second kappa shape index (κ2) is 8.08. The van der Waals surface area contributed by atoms with E-state index in [9.17, 15) is 9.59 Å². The van der Waals surface area contributed by atoms with E-state index in [0.29, 0.717) is 18.8 Å². The molecule has 0 spiro atoms. The second-order valence-electron chi connectivity index (χ2n) is 5.13. The van der Waals surface area contributed by atoms with Crippen LogP contribution in [0.25, 0.3) is 0 Å². The number of aliphatic carboxylic acids is 1. The maximum Gasteiger partial charge on any atom is 0.303 e. The SMILES string of the molecule is CCCN1C(=O)CSC1c1ccccc1OCCCC(=O)O. The Balaban J connectivity index is 2.07. The molecule has 0 aromatic heterocycles. The topological polar surface area (TPSA) is 66.8 Å². The van der Waals surface area contributed by atoms with Gasteiger partial charge in [-0.05, 0) is 18.9 Å². The number of rotatable bonds is 8. The zero-order chi connectivity index (χ0) is 15.9. The van der Waals surface area contributed by atoms with Crippen molar-refractivity contribution in [2.75, 3.05) is 18.9 Å². The molecule has 1 amide bonds. The Morgan fingerprint density at radius 2 is 2.23 bits per heavy atom. The Morgan fingerprint density at radius 1 is 1.45 bits per heavy atom.